The van der Waals surface area contributed by atoms with Crippen LogP contribution in [0.1, 0.15) is 23.0 Å². The molecular weight excluding hydrogens is 312 g/mol. The van der Waals surface area contributed by atoms with Gasteiger partial charge in [-0.1, -0.05) is 6.07 Å². The fourth-order valence-electron chi connectivity index (χ4n) is 2.95. The highest BCUT2D eigenvalue weighted by Gasteiger charge is 2.24. The summed E-state index contributed by atoms with van der Waals surface area (Å²) in [5.41, 5.74) is 3.28. The summed E-state index contributed by atoms with van der Waals surface area (Å²) < 4.78 is 5.36. The van der Waals surface area contributed by atoms with E-state index in [9.17, 15) is 0 Å². The van der Waals surface area contributed by atoms with E-state index < -0.39 is 0 Å². The van der Waals surface area contributed by atoms with Gasteiger partial charge >= 0.3 is 0 Å². The molecule has 2 aromatic heterocycles. The van der Waals surface area contributed by atoms with Crippen molar-refractivity contribution in [2.75, 3.05) is 26.7 Å². The molecule has 1 unspecified atom stereocenters. The molecule has 1 aliphatic rings. The molecule has 0 radical (unpaired) electrons. The van der Waals surface area contributed by atoms with Gasteiger partial charge in [0.05, 0.1) is 12.8 Å². The van der Waals surface area contributed by atoms with Crippen LogP contribution in [0.4, 0.5) is 0 Å². The van der Waals surface area contributed by atoms with Crippen molar-refractivity contribution in [3.05, 3.63) is 53.6 Å². The smallest absolute Gasteiger partial charge is 0.122 e. The molecular formula is C17H23ClN4O. The van der Waals surface area contributed by atoms with Gasteiger partial charge in [0.25, 0.3) is 0 Å². The van der Waals surface area contributed by atoms with E-state index >= 15 is 0 Å². The summed E-state index contributed by atoms with van der Waals surface area (Å²) in [6.07, 6.45) is 3.77. The van der Waals surface area contributed by atoms with Crippen molar-refractivity contribution in [2.24, 2.45) is 0 Å². The molecule has 0 amide bonds. The molecule has 1 saturated heterocycles. The maximum Gasteiger partial charge on any atom is 0.122 e. The molecule has 3 heterocycles. The van der Waals surface area contributed by atoms with Gasteiger partial charge in [-0.15, -0.1) is 12.4 Å². The monoisotopic (exact) mass is 334 g/mol. The first-order chi connectivity index (χ1) is 10.8. The Morgan fingerprint density at radius 2 is 2.26 bits per heavy atom. The molecule has 6 heteroatoms. The number of hydrogen-bond donors (Lipinski definition) is 1. The quantitative estimate of drug-likeness (QED) is 0.930. The van der Waals surface area contributed by atoms with Gasteiger partial charge in [-0.2, -0.15) is 0 Å². The molecule has 3 rings (SSSR count). The number of hydrogen-bond acceptors (Lipinski definition) is 5. The molecule has 0 spiro atoms. The Balaban J connectivity index is 0.00000192. The molecule has 2 aromatic rings. The number of ether oxygens (including phenoxy) is 1. The third-order valence-corrected chi connectivity index (χ3v) is 4.00. The molecule has 5 nitrogen and oxygen atoms in total. The lowest BCUT2D eigenvalue weighted by molar-refractivity contribution is 0.151. The van der Waals surface area contributed by atoms with Crippen molar-refractivity contribution in [1.29, 1.82) is 0 Å². The Morgan fingerprint density at radius 1 is 1.39 bits per heavy atom. The van der Waals surface area contributed by atoms with Crippen LogP contribution in [0.3, 0.4) is 0 Å². The molecule has 0 aliphatic carbocycles. The normalized spacial score (nSPS) is 18.3. The maximum absolute atomic E-state index is 5.36. The number of piperazine rings is 1. The van der Waals surface area contributed by atoms with E-state index in [-0.39, 0.29) is 12.4 Å². The average Bonchev–Trinajstić information content (AvgIpc) is 2.55. The highest BCUT2D eigenvalue weighted by Crippen LogP contribution is 2.24. The van der Waals surface area contributed by atoms with Gasteiger partial charge in [0.2, 0.25) is 0 Å². The molecule has 23 heavy (non-hydrogen) atoms. The van der Waals surface area contributed by atoms with Crippen LogP contribution >= 0.6 is 12.4 Å². The van der Waals surface area contributed by atoms with E-state index in [1.54, 1.807) is 7.11 Å². The highest BCUT2D eigenvalue weighted by atomic mass is 35.5. The van der Waals surface area contributed by atoms with E-state index in [1.165, 1.54) is 5.56 Å². The summed E-state index contributed by atoms with van der Waals surface area (Å²) in [5.74, 6) is 0.871. The molecule has 1 atom stereocenters. The summed E-state index contributed by atoms with van der Waals surface area (Å²) in [6.45, 7) is 5.76. The van der Waals surface area contributed by atoms with Gasteiger partial charge in [-0.05, 0) is 18.6 Å². The highest BCUT2D eigenvalue weighted by molar-refractivity contribution is 5.85. The van der Waals surface area contributed by atoms with Gasteiger partial charge in [0.15, 0.2) is 0 Å². The van der Waals surface area contributed by atoms with Crippen LogP contribution in [0.15, 0.2) is 36.7 Å². The molecule has 1 N–H and O–H groups in total. The zero-order chi connectivity index (χ0) is 15.4. The van der Waals surface area contributed by atoms with E-state index in [0.29, 0.717) is 6.04 Å². The van der Waals surface area contributed by atoms with Gasteiger partial charge in [-0.3, -0.25) is 14.9 Å². The molecule has 124 valence electrons. The Kier molecular flexibility index (Phi) is 6.33. The summed E-state index contributed by atoms with van der Waals surface area (Å²) in [7, 11) is 1.70. The summed E-state index contributed by atoms with van der Waals surface area (Å²) >= 11 is 0. The van der Waals surface area contributed by atoms with Crippen LogP contribution < -0.4 is 10.1 Å². The van der Waals surface area contributed by atoms with Crippen molar-refractivity contribution >= 4 is 12.4 Å². The van der Waals surface area contributed by atoms with Crippen molar-refractivity contribution in [2.45, 2.75) is 19.5 Å². The minimum atomic E-state index is 0. The van der Waals surface area contributed by atoms with Crippen LogP contribution in [0.2, 0.25) is 0 Å². The number of pyridine rings is 2. The Hall–Kier alpha value is -1.69. The Labute approximate surface area is 143 Å². The molecule has 1 aliphatic heterocycles. The summed E-state index contributed by atoms with van der Waals surface area (Å²) in [4.78, 5) is 11.4. The van der Waals surface area contributed by atoms with Crippen molar-refractivity contribution in [1.82, 2.24) is 20.2 Å². The third-order valence-electron chi connectivity index (χ3n) is 4.00. The largest absolute Gasteiger partial charge is 0.497 e. The van der Waals surface area contributed by atoms with E-state index in [4.69, 9.17) is 4.74 Å². The topological polar surface area (TPSA) is 50.3 Å². The number of aromatic nitrogens is 2. The van der Waals surface area contributed by atoms with Crippen molar-refractivity contribution in [3.8, 4) is 5.75 Å². The van der Waals surface area contributed by atoms with E-state index in [0.717, 1.165) is 43.3 Å². The second kappa shape index (κ2) is 8.24. The zero-order valence-corrected chi connectivity index (χ0v) is 14.3. The van der Waals surface area contributed by atoms with Gasteiger partial charge in [0, 0.05) is 62.4 Å². The summed E-state index contributed by atoms with van der Waals surface area (Å²) in [5, 5.41) is 3.47. The first-order valence-electron chi connectivity index (χ1n) is 7.62. The van der Waals surface area contributed by atoms with E-state index in [1.807, 2.05) is 37.5 Å². The van der Waals surface area contributed by atoms with Crippen molar-refractivity contribution < 1.29 is 4.74 Å². The number of nitrogens with zero attached hydrogens (tertiary/aromatic N) is 3. The van der Waals surface area contributed by atoms with E-state index in [2.05, 4.69) is 26.3 Å². The van der Waals surface area contributed by atoms with Crippen LogP contribution in [0.25, 0.3) is 0 Å². The predicted molar refractivity (Wildman–Crippen MR) is 93.0 cm³/mol. The van der Waals surface area contributed by atoms with Crippen LogP contribution in [0.5, 0.6) is 5.75 Å². The maximum atomic E-state index is 5.36. The number of halogens is 1. The minimum Gasteiger partial charge on any atom is -0.497 e. The Bertz CT molecular complexity index is 623. The first kappa shape index (κ1) is 17.7. The lowest BCUT2D eigenvalue weighted by atomic mass is 10.0. The predicted octanol–water partition coefficient (Wildman–Crippen LogP) is 2.36. The fraction of sp³-hybridized carbons (Fsp3) is 0.412. The molecule has 0 bridgehead atoms. The molecule has 0 saturated carbocycles. The second-order valence-electron chi connectivity index (χ2n) is 5.62. The van der Waals surface area contributed by atoms with Gasteiger partial charge in [0.1, 0.15) is 5.75 Å². The number of methoxy groups -OCH3 is 1. The van der Waals surface area contributed by atoms with Gasteiger partial charge in [-0.25, -0.2) is 0 Å². The van der Waals surface area contributed by atoms with Crippen molar-refractivity contribution in [3.63, 3.8) is 0 Å². The number of nitrogens with one attached hydrogen (secondary N) is 1. The summed E-state index contributed by atoms with van der Waals surface area (Å²) in [6, 6.07) is 8.45. The van der Waals surface area contributed by atoms with Crippen LogP contribution in [0, 0.1) is 6.92 Å². The standard InChI is InChI=1S/C17H22N4O.ClH/c1-13-8-16(22-2)9-15(20-13)12-21-7-6-19-11-17(21)14-4-3-5-18-10-14;/h3-5,8-10,17,19H,6-7,11-12H2,1-2H3;1H. The number of rotatable bonds is 4. The average molecular weight is 335 g/mol. The van der Waals surface area contributed by atoms with Crippen LogP contribution in [-0.4, -0.2) is 41.6 Å². The van der Waals surface area contributed by atoms with Gasteiger partial charge < -0.3 is 10.1 Å². The lowest BCUT2D eigenvalue weighted by Gasteiger charge is -2.36. The SMILES string of the molecule is COc1cc(C)nc(CN2CCNCC2c2cccnc2)c1.Cl. The molecule has 1 fully saturated rings. The Morgan fingerprint density at radius 3 is 3.00 bits per heavy atom. The fourth-order valence-corrected chi connectivity index (χ4v) is 2.95. The zero-order valence-electron chi connectivity index (χ0n) is 13.5. The lowest BCUT2D eigenvalue weighted by Crippen LogP contribution is -2.45. The third kappa shape index (κ3) is 4.41. The minimum absolute atomic E-state index is 0. The first-order valence-corrected chi connectivity index (χ1v) is 7.62. The molecule has 0 aromatic carbocycles. The second-order valence-corrected chi connectivity index (χ2v) is 5.62. The van der Waals surface area contributed by atoms with Crippen LogP contribution in [-0.2, 0) is 6.54 Å². The number of aryl methyl sites for hydroxylation is 1.